The Morgan fingerprint density at radius 1 is 0.935 bits per heavy atom. The van der Waals surface area contributed by atoms with Crippen LogP contribution < -0.4 is 4.74 Å². The van der Waals surface area contributed by atoms with Crippen molar-refractivity contribution in [1.29, 1.82) is 0 Å². The lowest BCUT2D eigenvalue weighted by molar-refractivity contribution is 0.415. The molecular formula is C26H20BrN3O. The number of aryl methyl sites for hydroxylation is 1. The summed E-state index contributed by atoms with van der Waals surface area (Å²) in [6, 6.07) is 25.1. The van der Waals surface area contributed by atoms with Crippen LogP contribution in [0.1, 0.15) is 5.56 Å². The molecular weight excluding hydrogens is 450 g/mol. The van der Waals surface area contributed by atoms with Crippen LogP contribution in [-0.2, 0) is 13.0 Å². The minimum absolute atomic E-state index is 0.847. The first-order chi connectivity index (χ1) is 15.2. The van der Waals surface area contributed by atoms with Crippen molar-refractivity contribution in [3.05, 3.63) is 82.8 Å². The van der Waals surface area contributed by atoms with Gasteiger partial charge in [-0.2, -0.15) is 0 Å². The Morgan fingerprint density at radius 2 is 1.68 bits per heavy atom. The van der Waals surface area contributed by atoms with Crippen LogP contribution in [0.4, 0.5) is 0 Å². The van der Waals surface area contributed by atoms with Gasteiger partial charge in [0, 0.05) is 33.0 Å². The number of hydrogen-bond donors (Lipinski definition) is 1. The first-order valence-corrected chi connectivity index (χ1v) is 11.1. The van der Waals surface area contributed by atoms with Crippen LogP contribution in [0, 0.1) is 0 Å². The molecule has 5 aromatic rings. The normalized spacial score (nSPS) is 12.6. The van der Waals surface area contributed by atoms with E-state index in [9.17, 15) is 0 Å². The first-order valence-electron chi connectivity index (χ1n) is 10.3. The van der Waals surface area contributed by atoms with Crippen LogP contribution in [0.2, 0.25) is 0 Å². The fourth-order valence-corrected chi connectivity index (χ4v) is 4.84. The number of rotatable bonds is 3. The van der Waals surface area contributed by atoms with Crippen LogP contribution in [0.25, 0.3) is 44.9 Å². The van der Waals surface area contributed by atoms with E-state index in [1.165, 1.54) is 22.2 Å². The maximum absolute atomic E-state index is 5.35. The number of H-pyrrole nitrogens is 1. The average Bonchev–Trinajstić information content (AvgIpc) is 3.38. The molecule has 1 aliphatic heterocycles. The highest BCUT2D eigenvalue weighted by Gasteiger charge is 2.28. The highest BCUT2D eigenvalue weighted by Crippen LogP contribution is 2.42. The van der Waals surface area contributed by atoms with E-state index in [1.807, 2.05) is 12.1 Å². The Bertz CT molecular complexity index is 1410. The highest BCUT2D eigenvalue weighted by molar-refractivity contribution is 9.10. The summed E-state index contributed by atoms with van der Waals surface area (Å²) in [5.41, 5.74) is 8.09. The van der Waals surface area contributed by atoms with E-state index < -0.39 is 0 Å². The lowest BCUT2D eigenvalue weighted by Gasteiger charge is -2.19. The molecule has 1 N–H and O–H groups in total. The van der Waals surface area contributed by atoms with Gasteiger partial charge in [-0.25, -0.2) is 4.98 Å². The quantitative estimate of drug-likeness (QED) is 0.319. The first kappa shape index (κ1) is 18.5. The predicted octanol–water partition coefficient (Wildman–Crippen LogP) is 6.69. The fraction of sp³-hybridized carbons (Fsp3) is 0.115. The molecule has 0 unspecified atom stereocenters. The summed E-state index contributed by atoms with van der Waals surface area (Å²) in [6.07, 6.45) is 0.978. The summed E-state index contributed by atoms with van der Waals surface area (Å²) < 4.78 is 8.77. The summed E-state index contributed by atoms with van der Waals surface area (Å²) in [6.45, 7) is 0.898. The molecule has 4 nitrogen and oxygen atoms in total. The molecule has 0 saturated heterocycles. The number of ether oxygens (including phenoxy) is 1. The van der Waals surface area contributed by atoms with E-state index in [2.05, 4.69) is 86.1 Å². The Morgan fingerprint density at radius 3 is 2.45 bits per heavy atom. The minimum atomic E-state index is 0.847. The van der Waals surface area contributed by atoms with Crippen molar-refractivity contribution in [3.63, 3.8) is 0 Å². The van der Waals surface area contributed by atoms with E-state index in [0.29, 0.717) is 0 Å². The Balaban J connectivity index is 1.62. The second-order valence-electron chi connectivity index (χ2n) is 7.79. The molecule has 1 aliphatic rings. The topological polar surface area (TPSA) is 42.8 Å². The molecule has 0 atom stereocenters. The number of imidazole rings is 1. The molecule has 31 heavy (non-hydrogen) atoms. The fourth-order valence-electron chi connectivity index (χ4n) is 4.58. The lowest BCUT2D eigenvalue weighted by Crippen LogP contribution is -2.11. The van der Waals surface area contributed by atoms with Crippen molar-refractivity contribution >= 4 is 26.8 Å². The third-order valence-electron chi connectivity index (χ3n) is 6.07. The van der Waals surface area contributed by atoms with Crippen molar-refractivity contribution in [1.82, 2.24) is 14.5 Å². The molecule has 152 valence electrons. The van der Waals surface area contributed by atoms with E-state index in [4.69, 9.17) is 9.72 Å². The summed E-state index contributed by atoms with van der Waals surface area (Å²) in [7, 11) is 1.69. The molecule has 2 aromatic heterocycles. The Labute approximate surface area is 188 Å². The lowest BCUT2D eigenvalue weighted by atomic mass is 9.99. The zero-order valence-electron chi connectivity index (χ0n) is 17.0. The number of nitrogens with zero attached hydrogens (tertiary/aromatic N) is 2. The number of para-hydroxylation sites is 1. The van der Waals surface area contributed by atoms with E-state index in [1.54, 1.807) is 7.11 Å². The summed E-state index contributed by atoms with van der Waals surface area (Å²) in [5, 5.41) is 1.30. The SMILES string of the molecule is COc1ccc(-c2nc(-c3ccc(Br)cc3)c3n2CCc2c-3[nH]c3ccccc23)cc1. The van der Waals surface area contributed by atoms with Gasteiger partial charge in [-0.1, -0.05) is 46.3 Å². The predicted molar refractivity (Wildman–Crippen MR) is 128 cm³/mol. The number of aromatic nitrogens is 3. The van der Waals surface area contributed by atoms with E-state index in [-0.39, 0.29) is 0 Å². The van der Waals surface area contributed by atoms with Crippen LogP contribution in [-0.4, -0.2) is 21.6 Å². The van der Waals surface area contributed by atoms with Crippen LogP contribution >= 0.6 is 15.9 Å². The standard InChI is InChI=1S/C26H20BrN3O/c1-31-19-12-8-17(9-13-19)26-29-23(16-6-10-18(27)11-7-16)25-24-21(14-15-30(25)26)20-4-2-3-5-22(20)28-24/h2-13,28H,14-15H2,1H3. The number of benzene rings is 3. The monoisotopic (exact) mass is 469 g/mol. The third kappa shape index (κ3) is 2.92. The van der Waals surface area contributed by atoms with Gasteiger partial charge >= 0.3 is 0 Å². The van der Waals surface area contributed by atoms with Crippen LogP contribution in [0.15, 0.2) is 77.3 Å². The minimum Gasteiger partial charge on any atom is -0.497 e. The van der Waals surface area contributed by atoms with Gasteiger partial charge in [0.05, 0.1) is 24.2 Å². The molecule has 0 radical (unpaired) electrons. The number of methoxy groups -OCH3 is 1. The second kappa shape index (κ2) is 7.13. The summed E-state index contributed by atoms with van der Waals surface area (Å²) >= 11 is 3.55. The van der Waals surface area contributed by atoms with Gasteiger partial charge < -0.3 is 14.3 Å². The molecule has 0 saturated carbocycles. The van der Waals surface area contributed by atoms with Crippen molar-refractivity contribution in [2.45, 2.75) is 13.0 Å². The molecule has 0 amide bonds. The van der Waals surface area contributed by atoms with Crippen molar-refractivity contribution in [2.24, 2.45) is 0 Å². The van der Waals surface area contributed by atoms with Crippen molar-refractivity contribution in [2.75, 3.05) is 7.11 Å². The summed E-state index contributed by atoms with van der Waals surface area (Å²) in [4.78, 5) is 8.86. The molecule has 6 rings (SSSR count). The van der Waals surface area contributed by atoms with Gasteiger partial charge in [-0.05, 0) is 54.4 Å². The molecule has 3 aromatic carbocycles. The number of aromatic amines is 1. The van der Waals surface area contributed by atoms with Crippen molar-refractivity contribution in [3.8, 4) is 39.8 Å². The second-order valence-corrected chi connectivity index (χ2v) is 8.71. The molecule has 5 heteroatoms. The molecule has 0 bridgehead atoms. The Kier molecular flexibility index (Phi) is 4.25. The largest absolute Gasteiger partial charge is 0.497 e. The van der Waals surface area contributed by atoms with Crippen molar-refractivity contribution < 1.29 is 4.74 Å². The molecule has 0 spiro atoms. The smallest absolute Gasteiger partial charge is 0.141 e. The maximum atomic E-state index is 5.35. The number of hydrogen-bond acceptors (Lipinski definition) is 2. The number of nitrogens with one attached hydrogen (secondary N) is 1. The van der Waals surface area contributed by atoms with Gasteiger partial charge in [0.25, 0.3) is 0 Å². The van der Waals surface area contributed by atoms with Gasteiger partial charge in [0.2, 0.25) is 0 Å². The number of halogens is 1. The van der Waals surface area contributed by atoms with Gasteiger partial charge in [-0.3, -0.25) is 0 Å². The Hall–Kier alpha value is -3.31. The summed E-state index contributed by atoms with van der Waals surface area (Å²) in [5.74, 6) is 1.83. The van der Waals surface area contributed by atoms with Gasteiger partial charge in [0.1, 0.15) is 11.6 Å². The highest BCUT2D eigenvalue weighted by atomic mass is 79.9. The maximum Gasteiger partial charge on any atom is 0.141 e. The average molecular weight is 470 g/mol. The third-order valence-corrected chi connectivity index (χ3v) is 6.60. The van der Waals surface area contributed by atoms with Crippen LogP contribution in [0.3, 0.4) is 0 Å². The molecule has 3 heterocycles. The zero-order chi connectivity index (χ0) is 20.9. The van der Waals surface area contributed by atoms with Crippen LogP contribution in [0.5, 0.6) is 5.75 Å². The number of fused-ring (bicyclic) bond motifs is 5. The van der Waals surface area contributed by atoms with Gasteiger partial charge in [-0.15, -0.1) is 0 Å². The van der Waals surface area contributed by atoms with Gasteiger partial charge in [0.15, 0.2) is 0 Å². The zero-order valence-corrected chi connectivity index (χ0v) is 18.6. The van der Waals surface area contributed by atoms with E-state index in [0.717, 1.165) is 51.5 Å². The molecule has 0 aliphatic carbocycles. The molecule has 0 fully saturated rings. The van der Waals surface area contributed by atoms with E-state index >= 15 is 0 Å².